The van der Waals surface area contributed by atoms with Crippen LogP contribution in [0, 0.1) is 5.92 Å². The molecule has 3 aliphatic heterocycles. The quantitative estimate of drug-likeness (QED) is 0.0168. The smallest absolute Gasteiger partial charge is 0.261 e. The maximum absolute atomic E-state index is 14.7. The van der Waals surface area contributed by atoms with E-state index in [2.05, 4.69) is 46.2 Å². The lowest BCUT2D eigenvalue weighted by molar-refractivity contribution is -0.433. The number of hydrogen-bond donors (Lipinski definition) is 14. The molecule has 91 heavy (non-hydrogen) atoms. The average Bonchev–Trinajstić information content (AvgIpc) is 1.79. The number of carbonyl (C=O) groups excluding carboxylic acids is 8. The van der Waals surface area contributed by atoms with Gasteiger partial charge in [0.05, 0.1) is 49.7 Å². The number of phenols is 1. The number of aliphatic hydroxyl groups excluding tert-OH is 6. The van der Waals surface area contributed by atoms with E-state index in [4.69, 9.17) is 24.6 Å². The molecule has 4 heterocycles. The van der Waals surface area contributed by atoms with E-state index in [1.165, 1.54) is 36.5 Å². The average molecular weight is 1310 g/mol. The fraction of sp³-hybridized carbons (Fsp3) is 0.517. The van der Waals surface area contributed by atoms with Crippen molar-refractivity contribution in [2.24, 2.45) is 11.7 Å². The lowest BCUT2D eigenvalue weighted by atomic mass is 9.98. The number of nitrogens with zero attached hydrogens (tertiary/aromatic N) is 4. The second-order valence-corrected chi connectivity index (χ2v) is 23.8. The van der Waals surface area contributed by atoms with Gasteiger partial charge < -0.3 is 91.5 Å². The number of primary amides is 1. The van der Waals surface area contributed by atoms with E-state index in [9.17, 15) is 74.1 Å². The third-order valence-electron chi connectivity index (χ3n) is 15.5. The molecule has 7 unspecified atom stereocenters. The van der Waals surface area contributed by atoms with Gasteiger partial charge in [-0.1, -0.05) is 65.1 Å². The van der Waals surface area contributed by atoms with Crippen molar-refractivity contribution < 1.29 is 102 Å². The fourth-order valence-corrected chi connectivity index (χ4v) is 11.8. The Morgan fingerprint density at radius 2 is 1.38 bits per heavy atom. The Kier molecular flexibility index (Phi) is 26.1. The zero-order valence-electron chi connectivity index (χ0n) is 49.8. The number of rotatable bonds is 24. The molecule has 31 nitrogen and oxygen atoms in total. The number of ether oxygens (including phenoxy) is 2. The van der Waals surface area contributed by atoms with Crippen LogP contribution in [0.3, 0.4) is 0 Å². The van der Waals surface area contributed by atoms with Gasteiger partial charge in [-0.3, -0.25) is 38.4 Å². The highest BCUT2D eigenvalue weighted by atomic mass is 32.2. The number of aliphatic hydroxyl groups is 6. The van der Waals surface area contributed by atoms with Crippen LogP contribution in [0.25, 0.3) is 21.1 Å². The number of methoxy groups -OCH3 is 1. The maximum atomic E-state index is 14.7. The van der Waals surface area contributed by atoms with Gasteiger partial charge in [0.25, 0.3) is 18.2 Å². The number of nitrogens with two attached hydrogens (primary N) is 1. The van der Waals surface area contributed by atoms with Crippen LogP contribution in [0.4, 0.5) is 0 Å². The number of β-amino-alcohol motifs (C(OH)–C–C–N with tert-alkyl or cyclic N) is 1. The number of amides is 8. The van der Waals surface area contributed by atoms with Crippen LogP contribution in [0.15, 0.2) is 66.7 Å². The predicted molar refractivity (Wildman–Crippen MR) is 321 cm³/mol. The van der Waals surface area contributed by atoms with Crippen molar-refractivity contribution in [1.29, 1.82) is 0 Å². The van der Waals surface area contributed by atoms with E-state index in [0.29, 0.717) is 27.9 Å². The molecule has 0 bridgehead atoms. The van der Waals surface area contributed by atoms with Gasteiger partial charge in [-0.05, 0) is 73.9 Å². The van der Waals surface area contributed by atoms with Crippen LogP contribution in [-0.4, -0.2) is 221 Å². The Balaban J connectivity index is 1.15. The lowest BCUT2D eigenvalue weighted by Gasteiger charge is -2.33. The topological polar surface area (TPSA) is 463 Å². The molecule has 0 aliphatic carbocycles. The molecule has 1 aromatic heterocycles. The highest BCUT2D eigenvalue weighted by molar-refractivity contribution is 7.90. The van der Waals surface area contributed by atoms with Gasteiger partial charge in [0.15, 0.2) is 11.5 Å². The molecule has 15 N–H and O–H groups in total. The lowest BCUT2D eigenvalue weighted by Crippen LogP contribution is -2.64. The SMILES string of the molecule is COCCCCCCCOc1ccc(-c2nnc(-c3ccc(C(=O)N[C@H]4C[C@H](O)CNC(=O)C5[C@@H](O)C(C)CN5C(=O)[C@H]([C@H](O)CC(N)=O)NC(=O)C([C@H](O)Cc5ccc(O)c(OSOOO)c5)NC(=O)C5CC(O)CN5C(=O)C(C(C)O)NC4=O)cc3)s2)cc1. The molecule has 7 rings (SSSR count). The van der Waals surface area contributed by atoms with E-state index in [1.54, 1.807) is 19.2 Å². The van der Waals surface area contributed by atoms with Gasteiger partial charge in [0, 0.05) is 75.2 Å². The second-order valence-electron chi connectivity index (χ2n) is 22.4. The van der Waals surface area contributed by atoms with Crippen LogP contribution in [0.2, 0.25) is 0 Å². The third kappa shape index (κ3) is 19.2. The largest absolute Gasteiger partial charge is 0.504 e. The number of hydrogen-bond acceptors (Lipinski definition) is 25. The van der Waals surface area contributed by atoms with Gasteiger partial charge in [-0.2, -0.15) is 0 Å². The van der Waals surface area contributed by atoms with Crippen LogP contribution in [0.5, 0.6) is 17.2 Å². The van der Waals surface area contributed by atoms with Crippen molar-refractivity contribution in [3.05, 3.63) is 77.9 Å². The molecule has 496 valence electrons. The minimum Gasteiger partial charge on any atom is -0.504 e. The number of fused-ring (bicyclic) bond motifs is 2. The van der Waals surface area contributed by atoms with Crippen LogP contribution < -0.4 is 41.2 Å². The summed E-state index contributed by atoms with van der Waals surface area (Å²) in [4.78, 5) is 115. The number of benzene rings is 3. The first-order valence-electron chi connectivity index (χ1n) is 29.2. The van der Waals surface area contributed by atoms with Gasteiger partial charge in [0.2, 0.25) is 41.4 Å². The number of carbonyl (C=O) groups is 8. The van der Waals surface area contributed by atoms with E-state index >= 15 is 0 Å². The molecule has 8 amide bonds. The van der Waals surface area contributed by atoms with Crippen LogP contribution in [-0.2, 0) is 54.1 Å². The molecule has 3 saturated heterocycles. The minimum atomic E-state index is -2.22. The minimum absolute atomic E-state index is 0.00161. The number of nitrogens with one attached hydrogen (secondary N) is 5. The standard InChI is InChI=1S/C58H76N10O21S2/c1-29-27-68-48(49(29)76)54(81)60-26-35(70)23-38(61-50(77)32-10-12-33(13-11-32)55-65-66-56(90-55)34-14-16-37(17-15-34)86-20-8-6-4-5-7-19-85-3)51(78)62-45(30(2)69)57(82)67-28-36(71)24-39(67)52(79)63-46(53(80)64-47(58(68)83)42(74)25-44(59)75)41(73)21-31-9-18-40(72)43(22-31)87-91-89-88-84/h9-18,22,29-30,35-36,38-39,41-42,45-49,69-74,76,84H,4-8,19-21,23-28H2,1-3H3,(H2,59,75)(H,60,81)(H,61,77)(H,62,78)(H,63,79)(H,64,80)/t29?,30?,35-,36?,38-,39?,41+,42+,45?,46?,47-,48?,49-/m0/s1. The summed E-state index contributed by atoms with van der Waals surface area (Å²) in [5.41, 5.74) is 6.86. The van der Waals surface area contributed by atoms with Crippen molar-refractivity contribution in [3.63, 3.8) is 0 Å². The summed E-state index contributed by atoms with van der Waals surface area (Å²) in [6.07, 6.45) is -8.43. The molecule has 0 saturated carbocycles. The van der Waals surface area contributed by atoms with Gasteiger partial charge in [-0.25, -0.2) is 5.26 Å². The molecular formula is C58H76N10O21S2. The number of aromatic hydroxyl groups is 1. The fourth-order valence-electron chi connectivity index (χ4n) is 10.6. The van der Waals surface area contributed by atoms with E-state index in [-0.39, 0.29) is 29.2 Å². The van der Waals surface area contributed by atoms with Crippen molar-refractivity contribution in [1.82, 2.24) is 46.6 Å². The molecule has 4 aromatic rings. The molecule has 0 spiro atoms. The molecule has 3 aromatic carbocycles. The summed E-state index contributed by atoms with van der Waals surface area (Å²) < 4.78 is 20.3. The number of aromatic nitrogens is 2. The van der Waals surface area contributed by atoms with Gasteiger partial charge >= 0.3 is 0 Å². The van der Waals surface area contributed by atoms with Gasteiger partial charge in [-0.15, -0.1) is 10.2 Å². The van der Waals surface area contributed by atoms with Crippen molar-refractivity contribution in [2.45, 2.75) is 145 Å². The molecule has 0 radical (unpaired) electrons. The zero-order valence-corrected chi connectivity index (χ0v) is 51.5. The first-order valence-corrected chi connectivity index (χ1v) is 30.7. The summed E-state index contributed by atoms with van der Waals surface area (Å²) >= 11 is 1.34. The summed E-state index contributed by atoms with van der Waals surface area (Å²) in [5, 5.41) is 112. The Morgan fingerprint density at radius 3 is 2.03 bits per heavy atom. The van der Waals surface area contributed by atoms with E-state index in [1.807, 2.05) is 24.3 Å². The summed E-state index contributed by atoms with van der Waals surface area (Å²) in [6.45, 7) is 2.19. The summed E-state index contributed by atoms with van der Waals surface area (Å²) in [7, 11) is 1.69. The third-order valence-corrected chi connectivity index (χ3v) is 16.9. The second kappa shape index (κ2) is 33.6. The first kappa shape index (κ1) is 70.8. The normalized spacial score (nSPS) is 24.8. The molecule has 3 fully saturated rings. The van der Waals surface area contributed by atoms with Crippen molar-refractivity contribution in [2.75, 3.05) is 40.0 Å². The molecule has 13 atom stereocenters. The summed E-state index contributed by atoms with van der Waals surface area (Å²) in [5.74, 6) is -10.4. The predicted octanol–water partition coefficient (Wildman–Crippen LogP) is -1.26. The van der Waals surface area contributed by atoms with E-state index in [0.717, 1.165) is 73.1 Å². The molecule has 33 heteroatoms. The van der Waals surface area contributed by atoms with E-state index < -0.39 is 177 Å². The van der Waals surface area contributed by atoms with Crippen LogP contribution in [0.1, 0.15) is 81.1 Å². The Morgan fingerprint density at radius 1 is 0.758 bits per heavy atom. The zero-order chi connectivity index (χ0) is 66.1. The summed E-state index contributed by atoms with van der Waals surface area (Å²) in [6, 6.07) is 5.30. The molecular weight excluding hydrogens is 1240 g/mol. The highest BCUT2D eigenvalue weighted by Crippen LogP contribution is 2.33. The van der Waals surface area contributed by atoms with Crippen molar-refractivity contribution in [3.8, 4) is 38.4 Å². The van der Waals surface area contributed by atoms with Crippen LogP contribution >= 0.6 is 23.7 Å². The Bertz CT molecular complexity index is 3150. The van der Waals surface area contributed by atoms with Crippen molar-refractivity contribution >= 4 is 70.9 Å². The first-order chi connectivity index (χ1) is 43.5. The van der Waals surface area contributed by atoms with Gasteiger partial charge in [0.1, 0.15) is 52.0 Å². The Hall–Kier alpha value is -7.67. The molecule has 3 aliphatic rings. The monoisotopic (exact) mass is 1310 g/mol. The number of unbranched alkanes of at least 4 members (excludes halogenated alkanes) is 4. The Labute approximate surface area is 530 Å². The number of phenolic OH excluding ortho intramolecular Hbond substituents is 1. The highest BCUT2D eigenvalue weighted by Gasteiger charge is 2.50. The maximum Gasteiger partial charge on any atom is 0.261 e.